The molecule has 0 N–H and O–H groups in total. The van der Waals surface area contributed by atoms with Crippen molar-refractivity contribution in [2.75, 3.05) is 36.0 Å². The molecule has 34 heavy (non-hydrogen) atoms. The molecular formula is C24H24FN5O3S. The number of fused-ring (bicyclic) bond motifs is 2. The molecule has 4 heterocycles. The minimum atomic E-state index is -0.506. The van der Waals surface area contributed by atoms with Crippen molar-refractivity contribution in [3.8, 4) is 5.88 Å². The van der Waals surface area contributed by atoms with Gasteiger partial charge in [-0.05, 0) is 30.2 Å². The summed E-state index contributed by atoms with van der Waals surface area (Å²) in [5.74, 6) is 0.0813. The number of piperazine rings is 1. The molecule has 10 heteroatoms. The van der Waals surface area contributed by atoms with Crippen LogP contribution in [0.4, 0.5) is 20.6 Å². The van der Waals surface area contributed by atoms with Crippen molar-refractivity contribution in [3.05, 3.63) is 66.1 Å². The van der Waals surface area contributed by atoms with Gasteiger partial charge in [0, 0.05) is 31.7 Å². The summed E-state index contributed by atoms with van der Waals surface area (Å²) < 4.78 is 33.9. The Morgan fingerprint density at radius 2 is 2.00 bits per heavy atom. The number of carbonyl (C=O) groups excluding carboxylic acids is 1. The van der Waals surface area contributed by atoms with Crippen LogP contribution in [0.3, 0.4) is 0 Å². The summed E-state index contributed by atoms with van der Waals surface area (Å²) in [7, 11) is 0. The lowest BCUT2D eigenvalue weighted by molar-refractivity contribution is 0.103. The number of nitrogens with zero attached hydrogens (tertiary/aromatic N) is 5. The molecule has 176 valence electrons. The lowest BCUT2D eigenvalue weighted by Gasteiger charge is -2.36. The molecule has 0 saturated carbocycles. The van der Waals surface area contributed by atoms with Crippen LogP contribution in [0.1, 0.15) is 12.0 Å². The third-order valence-corrected chi connectivity index (χ3v) is 7.23. The Bertz CT molecular complexity index is 1160. The second-order valence-electron chi connectivity index (χ2n) is 8.92. The highest BCUT2D eigenvalue weighted by molar-refractivity contribution is 6.99. The summed E-state index contributed by atoms with van der Waals surface area (Å²) in [6, 6.07) is 16.2. The number of rotatable bonds is 7. The Kier molecular flexibility index (Phi) is 5.54. The van der Waals surface area contributed by atoms with Crippen molar-refractivity contribution in [3.63, 3.8) is 0 Å². The van der Waals surface area contributed by atoms with Crippen LogP contribution < -0.4 is 14.5 Å². The first kappa shape index (κ1) is 21.3. The van der Waals surface area contributed by atoms with Gasteiger partial charge in [0.05, 0.1) is 29.6 Å². The molecule has 3 aliphatic rings. The van der Waals surface area contributed by atoms with E-state index in [-0.39, 0.29) is 19.0 Å². The Balaban J connectivity index is 1.09. The van der Waals surface area contributed by atoms with Crippen molar-refractivity contribution >= 4 is 29.2 Å². The molecule has 1 aromatic heterocycles. The fraction of sp³-hybridized carbons (Fsp3) is 0.375. The van der Waals surface area contributed by atoms with Gasteiger partial charge in [-0.15, -0.1) is 4.37 Å². The van der Waals surface area contributed by atoms with E-state index in [1.165, 1.54) is 22.7 Å². The predicted molar refractivity (Wildman–Crippen MR) is 126 cm³/mol. The predicted octanol–water partition coefficient (Wildman–Crippen LogP) is 3.54. The van der Waals surface area contributed by atoms with Crippen molar-refractivity contribution in [1.82, 2.24) is 13.6 Å². The first-order chi connectivity index (χ1) is 16.6. The fourth-order valence-electron chi connectivity index (χ4n) is 5.17. The van der Waals surface area contributed by atoms with Crippen LogP contribution in [0.25, 0.3) is 0 Å². The fourth-order valence-corrected chi connectivity index (χ4v) is 5.53. The molecule has 2 aromatic carbocycles. The van der Waals surface area contributed by atoms with E-state index in [0.717, 1.165) is 37.8 Å². The van der Waals surface area contributed by atoms with Crippen LogP contribution in [0.15, 0.2) is 54.7 Å². The van der Waals surface area contributed by atoms with Gasteiger partial charge in [-0.2, -0.15) is 4.37 Å². The van der Waals surface area contributed by atoms with Crippen LogP contribution >= 0.6 is 11.7 Å². The van der Waals surface area contributed by atoms with E-state index in [1.54, 1.807) is 12.1 Å². The van der Waals surface area contributed by atoms with Gasteiger partial charge in [0.1, 0.15) is 18.6 Å². The maximum atomic E-state index is 15.2. The zero-order valence-corrected chi connectivity index (χ0v) is 19.2. The highest BCUT2D eigenvalue weighted by Crippen LogP contribution is 2.37. The van der Waals surface area contributed by atoms with E-state index >= 15 is 4.39 Å². The molecule has 1 amide bonds. The Labute approximate surface area is 200 Å². The van der Waals surface area contributed by atoms with E-state index in [1.807, 2.05) is 6.07 Å². The smallest absolute Gasteiger partial charge is 0.414 e. The maximum absolute atomic E-state index is 15.2. The van der Waals surface area contributed by atoms with Crippen molar-refractivity contribution in [2.24, 2.45) is 0 Å². The minimum absolute atomic E-state index is 0.171. The topological polar surface area (TPSA) is 71.0 Å². The number of anilines is 2. The Morgan fingerprint density at radius 3 is 2.74 bits per heavy atom. The van der Waals surface area contributed by atoms with Crippen molar-refractivity contribution < 1.29 is 18.7 Å². The van der Waals surface area contributed by atoms with Gasteiger partial charge < -0.3 is 14.4 Å². The Morgan fingerprint density at radius 1 is 1.12 bits per heavy atom. The monoisotopic (exact) mass is 481 g/mol. The second-order valence-corrected chi connectivity index (χ2v) is 9.48. The number of ether oxygens (including phenoxy) is 2. The van der Waals surface area contributed by atoms with Gasteiger partial charge in [-0.3, -0.25) is 9.80 Å². The van der Waals surface area contributed by atoms with Crippen LogP contribution in [0, 0.1) is 5.82 Å². The highest BCUT2D eigenvalue weighted by atomic mass is 32.1. The Hall–Kier alpha value is -3.24. The lowest BCUT2D eigenvalue weighted by atomic mass is 10.1. The number of hydrogen-bond acceptors (Lipinski definition) is 8. The van der Waals surface area contributed by atoms with Crippen LogP contribution in [-0.2, 0) is 11.3 Å². The molecule has 8 nitrogen and oxygen atoms in total. The molecule has 3 aliphatic heterocycles. The number of hydrogen-bond donors (Lipinski definition) is 0. The average Bonchev–Trinajstić information content (AvgIpc) is 3.63. The highest BCUT2D eigenvalue weighted by Gasteiger charge is 2.44. The number of benzene rings is 2. The average molecular weight is 482 g/mol. The molecule has 6 rings (SSSR count). The first-order valence-electron chi connectivity index (χ1n) is 11.4. The molecule has 0 spiro atoms. The summed E-state index contributed by atoms with van der Waals surface area (Å²) in [5, 5.41) is 0. The van der Waals surface area contributed by atoms with Crippen molar-refractivity contribution in [2.45, 2.75) is 31.2 Å². The minimum Gasteiger partial charge on any atom is -0.472 e. The van der Waals surface area contributed by atoms with Crippen LogP contribution in [0.5, 0.6) is 5.88 Å². The van der Waals surface area contributed by atoms with E-state index in [2.05, 4.69) is 42.8 Å². The summed E-state index contributed by atoms with van der Waals surface area (Å²) in [5.41, 5.74) is 2.39. The van der Waals surface area contributed by atoms with Gasteiger partial charge in [0.2, 0.25) is 5.88 Å². The number of amides is 1. The number of aromatic nitrogens is 2. The van der Waals surface area contributed by atoms with E-state index in [9.17, 15) is 4.79 Å². The molecule has 3 fully saturated rings. The number of carbonyl (C=O) groups is 1. The standard InChI is InChI=1S/C24H24FN5O3S/c25-21-9-17(30-14-20(33-24(30)31)15-32-23-10-26-34-27-23)6-7-22(21)29-13-18-8-19(29)12-28(18)11-16-4-2-1-3-5-16/h1-7,9-10,18-20H,8,11-15H2/t18?,19?,20-/m1/s1. The molecule has 0 aliphatic carbocycles. The zero-order chi connectivity index (χ0) is 23.1. The molecule has 2 bridgehead atoms. The summed E-state index contributed by atoms with van der Waals surface area (Å²) >= 11 is 1.05. The van der Waals surface area contributed by atoms with Gasteiger partial charge in [-0.1, -0.05) is 30.3 Å². The molecule has 3 aromatic rings. The van der Waals surface area contributed by atoms with E-state index in [4.69, 9.17) is 9.47 Å². The van der Waals surface area contributed by atoms with Crippen LogP contribution in [-0.4, -0.2) is 64.2 Å². The molecule has 3 saturated heterocycles. The number of likely N-dealkylation sites (tertiary alicyclic amines) is 1. The van der Waals surface area contributed by atoms with Gasteiger partial charge >= 0.3 is 6.09 Å². The third-order valence-electron chi connectivity index (χ3n) is 6.77. The summed E-state index contributed by atoms with van der Waals surface area (Å²) in [6.45, 7) is 3.13. The quantitative estimate of drug-likeness (QED) is 0.511. The second kappa shape index (κ2) is 8.84. The summed E-state index contributed by atoms with van der Waals surface area (Å²) in [6.07, 6.45) is 1.60. The van der Waals surface area contributed by atoms with Gasteiger partial charge in [-0.25, -0.2) is 9.18 Å². The first-order valence-corrected chi connectivity index (χ1v) is 12.1. The number of halogens is 1. The van der Waals surface area contributed by atoms with Gasteiger partial charge in [0.25, 0.3) is 0 Å². The molecule has 2 unspecified atom stereocenters. The van der Waals surface area contributed by atoms with Gasteiger partial charge in [0.15, 0.2) is 6.10 Å². The molecular weight excluding hydrogens is 457 g/mol. The third kappa shape index (κ3) is 4.07. The van der Waals surface area contributed by atoms with E-state index in [0.29, 0.717) is 29.3 Å². The normalized spacial score (nSPS) is 24.1. The number of cyclic esters (lactones) is 1. The van der Waals surface area contributed by atoms with Crippen LogP contribution in [0.2, 0.25) is 0 Å². The maximum Gasteiger partial charge on any atom is 0.414 e. The molecule has 3 atom stereocenters. The zero-order valence-electron chi connectivity index (χ0n) is 18.4. The van der Waals surface area contributed by atoms with E-state index < -0.39 is 12.2 Å². The summed E-state index contributed by atoms with van der Waals surface area (Å²) in [4.78, 5) is 18.5. The largest absolute Gasteiger partial charge is 0.472 e. The van der Waals surface area contributed by atoms with Crippen molar-refractivity contribution in [1.29, 1.82) is 0 Å². The lowest BCUT2D eigenvalue weighted by Crippen LogP contribution is -2.46. The molecule has 0 radical (unpaired) electrons. The SMILES string of the molecule is O=C1O[C@@H](COc2cnsn2)CN1c1ccc(N2CC3CC2CN3Cc2ccccc2)c(F)c1.